The molecule has 1 unspecified atom stereocenters. The average Bonchev–Trinajstić information content (AvgIpc) is 2.43. The van der Waals surface area contributed by atoms with Crippen LogP contribution in [0.25, 0.3) is 0 Å². The van der Waals surface area contributed by atoms with Gasteiger partial charge in [0.25, 0.3) is 0 Å². The third kappa shape index (κ3) is 7.28. The third-order valence-corrected chi connectivity index (χ3v) is 4.12. The predicted octanol–water partition coefficient (Wildman–Crippen LogP) is 3.78. The molecule has 3 nitrogen and oxygen atoms in total. The van der Waals surface area contributed by atoms with Crippen LogP contribution < -0.4 is 0 Å². The van der Waals surface area contributed by atoms with E-state index in [2.05, 4.69) is 51.6 Å². The van der Waals surface area contributed by atoms with Crippen LogP contribution in [0.2, 0.25) is 0 Å². The fourth-order valence-corrected chi connectivity index (χ4v) is 2.56. The highest BCUT2D eigenvalue weighted by Crippen LogP contribution is 2.19. The Balaban J connectivity index is 4.40. The van der Waals surface area contributed by atoms with Gasteiger partial charge in [-0.15, -0.1) is 0 Å². The van der Waals surface area contributed by atoms with Gasteiger partial charge in [-0.25, -0.2) is 0 Å². The van der Waals surface area contributed by atoms with Crippen LogP contribution in [0.15, 0.2) is 0 Å². The van der Waals surface area contributed by atoms with E-state index in [1.807, 2.05) is 0 Å². The Kier molecular flexibility index (Phi) is 10.8. The molecule has 0 spiro atoms. The zero-order valence-electron chi connectivity index (χ0n) is 14.6. The molecule has 0 saturated heterocycles. The van der Waals surface area contributed by atoms with Crippen LogP contribution in [-0.4, -0.2) is 48.9 Å². The van der Waals surface area contributed by atoms with E-state index in [0.717, 1.165) is 45.2 Å². The lowest BCUT2D eigenvalue weighted by atomic mass is 9.96. The fourth-order valence-electron chi connectivity index (χ4n) is 2.56. The number of hydrogen-bond donors (Lipinski definition) is 0. The molecule has 0 aromatic rings. The van der Waals surface area contributed by atoms with Crippen molar-refractivity contribution in [3.05, 3.63) is 0 Å². The van der Waals surface area contributed by atoms with Crippen molar-refractivity contribution in [2.24, 2.45) is 5.92 Å². The summed E-state index contributed by atoms with van der Waals surface area (Å²) in [5.41, 5.74) is 0. The molecule has 3 heteroatoms. The van der Waals surface area contributed by atoms with Gasteiger partial charge in [0.05, 0.1) is 0 Å². The van der Waals surface area contributed by atoms with Crippen molar-refractivity contribution in [1.82, 2.24) is 9.80 Å². The standard InChI is InChI=1S/C17H36N2O/c1-7-13-19(15(4)8-2)17(20)16(9-3)12-10-11-14-18(5)6/h15-16H,7-14H2,1-6H3/t15?,16-/m1/s1. The Hall–Kier alpha value is -0.570. The van der Waals surface area contributed by atoms with Crippen LogP contribution in [0.4, 0.5) is 0 Å². The minimum atomic E-state index is 0.220. The Labute approximate surface area is 126 Å². The number of carbonyl (C=O) groups is 1. The monoisotopic (exact) mass is 284 g/mol. The number of amides is 1. The SMILES string of the molecule is CCCN(C(=O)[C@H](CC)CCCCN(C)C)C(C)CC. The number of nitrogens with zero attached hydrogens (tertiary/aromatic N) is 2. The number of hydrogen-bond acceptors (Lipinski definition) is 2. The van der Waals surface area contributed by atoms with Gasteiger partial charge >= 0.3 is 0 Å². The largest absolute Gasteiger partial charge is 0.340 e. The van der Waals surface area contributed by atoms with E-state index in [-0.39, 0.29) is 5.92 Å². The zero-order chi connectivity index (χ0) is 15.5. The second-order valence-corrected chi connectivity index (χ2v) is 6.19. The molecule has 0 radical (unpaired) electrons. The molecule has 20 heavy (non-hydrogen) atoms. The molecule has 0 aromatic heterocycles. The van der Waals surface area contributed by atoms with E-state index in [1.54, 1.807) is 0 Å². The Morgan fingerprint density at radius 1 is 1.00 bits per heavy atom. The van der Waals surface area contributed by atoms with Crippen molar-refractivity contribution in [2.75, 3.05) is 27.2 Å². The van der Waals surface area contributed by atoms with Gasteiger partial charge in [0.15, 0.2) is 0 Å². The second kappa shape index (κ2) is 11.1. The maximum atomic E-state index is 12.7. The first-order valence-corrected chi connectivity index (χ1v) is 8.42. The summed E-state index contributed by atoms with van der Waals surface area (Å²) in [6.45, 7) is 10.7. The molecule has 0 aliphatic heterocycles. The van der Waals surface area contributed by atoms with Crippen LogP contribution in [0.1, 0.15) is 66.2 Å². The summed E-state index contributed by atoms with van der Waals surface area (Å²) < 4.78 is 0. The van der Waals surface area contributed by atoms with E-state index in [9.17, 15) is 4.79 Å². The van der Waals surface area contributed by atoms with Crippen molar-refractivity contribution in [2.45, 2.75) is 72.3 Å². The normalized spacial score (nSPS) is 14.3. The molecule has 0 heterocycles. The number of unbranched alkanes of at least 4 members (excludes halogenated alkanes) is 1. The third-order valence-electron chi connectivity index (χ3n) is 4.12. The topological polar surface area (TPSA) is 23.6 Å². The van der Waals surface area contributed by atoms with E-state index in [1.165, 1.54) is 6.42 Å². The molecule has 0 aromatic carbocycles. The van der Waals surface area contributed by atoms with E-state index < -0.39 is 0 Å². The van der Waals surface area contributed by atoms with Gasteiger partial charge in [-0.05, 0) is 59.7 Å². The second-order valence-electron chi connectivity index (χ2n) is 6.19. The lowest BCUT2D eigenvalue weighted by Gasteiger charge is -2.31. The quantitative estimate of drug-likeness (QED) is 0.539. The van der Waals surface area contributed by atoms with Crippen molar-refractivity contribution in [3.8, 4) is 0 Å². The molecule has 1 amide bonds. The Bertz CT molecular complexity index is 253. The summed E-state index contributed by atoms with van der Waals surface area (Å²) in [7, 11) is 4.21. The molecule has 0 saturated carbocycles. The first-order chi connectivity index (χ1) is 9.47. The first kappa shape index (κ1) is 19.4. The molecule has 0 aliphatic carbocycles. The number of rotatable bonds is 11. The summed E-state index contributed by atoms with van der Waals surface area (Å²) in [6.07, 6.45) is 6.45. The van der Waals surface area contributed by atoms with Crippen molar-refractivity contribution < 1.29 is 4.79 Å². The highest BCUT2D eigenvalue weighted by atomic mass is 16.2. The highest BCUT2D eigenvalue weighted by molar-refractivity contribution is 5.79. The lowest BCUT2D eigenvalue weighted by Crippen LogP contribution is -2.42. The van der Waals surface area contributed by atoms with E-state index in [0.29, 0.717) is 11.9 Å². The van der Waals surface area contributed by atoms with Crippen LogP contribution in [0.3, 0.4) is 0 Å². The Morgan fingerprint density at radius 3 is 2.10 bits per heavy atom. The molecule has 0 aliphatic rings. The molecule has 120 valence electrons. The first-order valence-electron chi connectivity index (χ1n) is 8.42. The van der Waals surface area contributed by atoms with Gasteiger partial charge in [0.2, 0.25) is 5.91 Å². The van der Waals surface area contributed by atoms with Crippen LogP contribution in [0.5, 0.6) is 0 Å². The molecular formula is C17H36N2O. The molecule has 0 fully saturated rings. The van der Waals surface area contributed by atoms with Gasteiger partial charge < -0.3 is 9.80 Å². The van der Waals surface area contributed by atoms with Crippen molar-refractivity contribution in [3.63, 3.8) is 0 Å². The smallest absolute Gasteiger partial charge is 0.225 e. The molecule has 0 bridgehead atoms. The summed E-state index contributed by atoms with van der Waals surface area (Å²) in [5, 5.41) is 0. The van der Waals surface area contributed by atoms with Gasteiger partial charge in [-0.1, -0.05) is 27.2 Å². The number of carbonyl (C=O) groups excluding carboxylic acids is 1. The summed E-state index contributed by atoms with van der Waals surface area (Å²) in [6, 6.07) is 0.373. The van der Waals surface area contributed by atoms with Gasteiger partial charge in [-0.3, -0.25) is 4.79 Å². The lowest BCUT2D eigenvalue weighted by molar-refractivity contribution is -0.138. The molecule has 2 atom stereocenters. The summed E-state index contributed by atoms with van der Waals surface area (Å²) in [5.74, 6) is 0.603. The summed E-state index contributed by atoms with van der Waals surface area (Å²) in [4.78, 5) is 17.0. The minimum Gasteiger partial charge on any atom is -0.340 e. The molecule has 0 rings (SSSR count). The Morgan fingerprint density at radius 2 is 1.65 bits per heavy atom. The molecule has 0 N–H and O–H groups in total. The van der Waals surface area contributed by atoms with Gasteiger partial charge in [0.1, 0.15) is 0 Å². The van der Waals surface area contributed by atoms with Gasteiger partial charge in [-0.2, -0.15) is 0 Å². The van der Waals surface area contributed by atoms with E-state index >= 15 is 0 Å². The van der Waals surface area contributed by atoms with Crippen LogP contribution in [-0.2, 0) is 4.79 Å². The predicted molar refractivity (Wildman–Crippen MR) is 87.9 cm³/mol. The van der Waals surface area contributed by atoms with Crippen LogP contribution >= 0.6 is 0 Å². The summed E-state index contributed by atoms with van der Waals surface area (Å²) >= 11 is 0. The van der Waals surface area contributed by atoms with Gasteiger partial charge in [0, 0.05) is 18.5 Å². The minimum absolute atomic E-state index is 0.220. The van der Waals surface area contributed by atoms with Crippen LogP contribution in [0, 0.1) is 5.92 Å². The maximum Gasteiger partial charge on any atom is 0.225 e. The highest BCUT2D eigenvalue weighted by Gasteiger charge is 2.24. The average molecular weight is 284 g/mol. The van der Waals surface area contributed by atoms with Crippen molar-refractivity contribution in [1.29, 1.82) is 0 Å². The van der Waals surface area contributed by atoms with E-state index in [4.69, 9.17) is 0 Å². The molecular weight excluding hydrogens is 248 g/mol. The fraction of sp³-hybridized carbons (Fsp3) is 0.941. The maximum absolute atomic E-state index is 12.7. The zero-order valence-corrected chi connectivity index (χ0v) is 14.6. The van der Waals surface area contributed by atoms with Crippen molar-refractivity contribution >= 4 is 5.91 Å².